The van der Waals surface area contributed by atoms with E-state index in [1.807, 2.05) is 0 Å². The summed E-state index contributed by atoms with van der Waals surface area (Å²) in [6, 6.07) is 8.20. The zero-order valence-electron chi connectivity index (χ0n) is 18.3. The lowest BCUT2D eigenvalue weighted by Gasteiger charge is -2.30. The molecule has 3 aromatic rings. The van der Waals surface area contributed by atoms with E-state index < -0.39 is 12.4 Å². The zero-order valence-corrected chi connectivity index (χ0v) is 18.3. The van der Waals surface area contributed by atoms with Gasteiger partial charge in [0.15, 0.2) is 6.61 Å². The monoisotopic (exact) mass is 484 g/mol. The van der Waals surface area contributed by atoms with Gasteiger partial charge in [-0.25, -0.2) is 9.37 Å². The summed E-state index contributed by atoms with van der Waals surface area (Å²) in [4.78, 5) is 36.6. The van der Waals surface area contributed by atoms with Crippen LogP contribution in [-0.2, 0) is 11.3 Å². The van der Waals surface area contributed by atoms with Crippen molar-refractivity contribution in [3.63, 3.8) is 0 Å². The van der Waals surface area contributed by atoms with Crippen LogP contribution in [0, 0.1) is 5.82 Å². The number of rotatable bonds is 7. The first-order valence-corrected chi connectivity index (χ1v) is 10.8. The maximum Gasteiger partial charge on any atom is 0.388 e. The number of carbonyl (C=O) groups excluding carboxylic acids is 2. The lowest BCUT2D eigenvalue weighted by molar-refractivity contribution is -0.136. The number of anilines is 1. The van der Waals surface area contributed by atoms with E-state index in [2.05, 4.69) is 14.7 Å². The van der Waals surface area contributed by atoms with Crippen molar-refractivity contribution in [3.05, 3.63) is 65.7 Å². The molecule has 0 aliphatic carbocycles. The van der Waals surface area contributed by atoms with E-state index in [4.69, 9.17) is 4.74 Å². The molecule has 8 nitrogen and oxygen atoms in total. The first-order valence-electron chi connectivity index (χ1n) is 10.8. The highest BCUT2D eigenvalue weighted by Crippen LogP contribution is 2.38. The van der Waals surface area contributed by atoms with Gasteiger partial charge in [-0.15, -0.1) is 0 Å². The maximum atomic E-state index is 14.0. The van der Waals surface area contributed by atoms with E-state index in [9.17, 15) is 22.8 Å². The third-order valence-electron chi connectivity index (χ3n) is 5.85. The molecule has 1 aromatic carbocycles. The van der Waals surface area contributed by atoms with Crippen LogP contribution in [0.3, 0.4) is 0 Å². The number of hydrogen-bond acceptors (Lipinski definition) is 6. The Morgan fingerprint density at radius 3 is 2.60 bits per heavy atom. The number of ether oxygens (including phenoxy) is 2. The first-order chi connectivity index (χ1) is 16.9. The Labute approximate surface area is 197 Å². The zero-order chi connectivity index (χ0) is 24.5. The Kier molecular flexibility index (Phi) is 5.98. The number of halogens is 3. The number of fused-ring (bicyclic) bond motifs is 1. The number of nitrogens with zero attached hydrogens (tertiary/aromatic N) is 4. The van der Waals surface area contributed by atoms with Crippen LogP contribution in [0.2, 0.25) is 0 Å². The average Bonchev–Trinajstić information content (AvgIpc) is 3.13. The van der Waals surface area contributed by atoms with Crippen molar-refractivity contribution in [3.8, 4) is 22.9 Å². The van der Waals surface area contributed by atoms with Crippen molar-refractivity contribution >= 4 is 17.5 Å². The molecule has 180 valence electrons. The third kappa shape index (κ3) is 4.48. The molecule has 5 rings (SSSR count). The minimum absolute atomic E-state index is 0.123. The van der Waals surface area contributed by atoms with Gasteiger partial charge in [0.2, 0.25) is 5.88 Å². The molecule has 0 unspecified atom stereocenters. The minimum Gasteiger partial charge on any atom is -0.483 e. The van der Waals surface area contributed by atoms with Gasteiger partial charge in [-0.1, -0.05) is 0 Å². The molecule has 0 saturated carbocycles. The van der Waals surface area contributed by atoms with Crippen molar-refractivity contribution < 1.29 is 32.2 Å². The van der Waals surface area contributed by atoms with Crippen LogP contribution in [0.4, 0.5) is 18.9 Å². The number of likely N-dealkylation sites (tertiary alicyclic amines) is 1. The van der Waals surface area contributed by atoms with Crippen molar-refractivity contribution in [1.29, 1.82) is 0 Å². The molecule has 1 fully saturated rings. The molecule has 4 heterocycles. The number of benzene rings is 1. The van der Waals surface area contributed by atoms with Gasteiger partial charge in [0.1, 0.15) is 11.6 Å². The normalized spacial score (nSPS) is 14.7. The second-order valence-corrected chi connectivity index (χ2v) is 7.97. The number of hydrogen-bond donors (Lipinski definition) is 0. The molecule has 0 atom stereocenters. The van der Waals surface area contributed by atoms with Crippen molar-refractivity contribution in [2.24, 2.45) is 0 Å². The Balaban J connectivity index is 1.43. The molecule has 2 aliphatic heterocycles. The van der Waals surface area contributed by atoms with Crippen molar-refractivity contribution in [2.75, 3.05) is 24.6 Å². The number of carbonyl (C=O) groups is 2. The fraction of sp³-hybridized carbons (Fsp3) is 0.250. The van der Waals surface area contributed by atoms with E-state index >= 15 is 0 Å². The summed E-state index contributed by atoms with van der Waals surface area (Å²) in [7, 11) is 0. The number of alkyl halides is 2. The van der Waals surface area contributed by atoms with E-state index in [1.54, 1.807) is 11.0 Å². The van der Waals surface area contributed by atoms with Crippen LogP contribution in [0.5, 0.6) is 11.6 Å². The topological polar surface area (TPSA) is 84.9 Å². The van der Waals surface area contributed by atoms with Crippen LogP contribution < -0.4 is 14.4 Å². The lowest BCUT2D eigenvalue weighted by atomic mass is 10.0. The van der Waals surface area contributed by atoms with E-state index in [1.165, 1.54) is 47.6 Å². The van der Waals surface area contributed by atoms with Gasteiger partial charge >= 0.3 is 6.61 Å². The summed E-state index contributed by atoms with van der Waals surface area (Å²) < 4.78 is 48.8. The molecule has 2 amide bonds. The molecular formula is C24H19F3N4O4. The predicted octanol–water partition coefficient (Wildman–Crippen LogP) is 3.66. The maximum absolute atomic E-state index is 14.0. The van der Waals surface area contributed by atoms with Crippen LogP contribution >= 0.6 is 0 Å². The van der Waals surface area contributed by atoms with Gasteiger partial charge in [0.25, 0.3) is 11.8 Å². The minimum atomic E-state index is -3.01. The largest absolute Gasteiger partial charge is 0.483 e. The Morgan fingerprint density at radius 1 is 1.09 bits per heavy atom. The molecule has 35 heavy (non-hydrogen) atoms. The predicted molar refractivity (Wildman–Crippen MR) is 118 cm³/mol. The highest BCUT2D eigenvalue weighted by Gasteiger charge is 2.32. The van der Waals surface area contributed by atoms with Gasteiger partial charge in [0, 0.05) is 48.1 Å². The Hall–Kier alpha value is -4.15. The first kappa shape index (κ1) is 22.6. The third-order valence-corrected chi connectivity index (χ3v) is 5.85. The summed E-state index contributed by atoms with van der Waals surface area (Å²) in [5, 5.41) is 0. The lowest BCUT2D eigenvalue weighted by Crippen LogP contribution is -2.44. The highest BCUT2D eigenvalue weighted by molar-refractivity contribution is 6.11. The smallest absolute Gasteiger partial charge is 0.388 e. The van der Waals surface area contributed by atoms with Crippen molar-refractivity contribution in [2.45, 2.75) is 19.6 Å². The SMILES string of the molecule is O=C(COc1cc(F)ccc1-c1nccc2c1CN(c1ccc(OC(F)F)nc1)C2=O)N1CCC1. The molecule has 11 heteroatoms. The van der Waals surface area contributed by atoms with Gasteiger partial charge < -0.3 is 19.3 Å². The highest BCUT2D eigenvalue weighted by atomic mass is 19.3. The van der Waals surface area contributed by atoms with Gasteiger partial charge in [-0.05, 0) is 30.7 Å². The second kappa shape index (κ2) is 9.24. The quantitative estimate of drug-likeness (QED) is 0.509. The van der Waals surface area contributed by atoms with Crippen molar-refractivity contribution in [1.82, 2.24) is 14.9 Å². The van der Waals surface area contributed by atoms with Gasteiger partial charge in [0.05, 0.1) is 24.1 Å². The second-order valence-electron chi connectivity index (χ2n) is 7.97. The number of aromatic nitrogens is 2. The van der Waals surface area contributed by atoms with Gasteiger partial charge in [-0.3, -0.25) is 14.6 Å². The standard InChI is InChI=1S/C24H19F3N4O4/c25-14-2-4-17(19(10-14)34-13-21(32)30-8-1-9-30)22-18-12-31(23(33)16(18)6-7-28-22)15-3-5-20(29-11-15)35-24(26)27/h2-7,10-11,24H,1,8-9,12-13H2. The fourth-order valence-electron chi connectivity index (χ4n) is 3.97. The van der Waals surface area contributed by atoms with Crippen LogP contribution in [0.25, 0.3) is 11.3 Å². The molecule has 0 radical (unpaired) electrons. The van der Waals surface area contributed by atoms with Crippen LogP contribution in [0.1, 0.15) is 22.3 Å². The average molecular weight is 484 g/mol. The van der Waals surface area contributed by atoms with Crippen LogP contribution in [0.15, 0.2) is 48.8 Å². The number of amides is 2. The van der Waals surface area contributed by atoms with E-state index in [0.717, 1.165) is 6.42 Å². The van der Waals surface area contributed by atoms with Gasteiger partial charge in [-0.2, -0.15) is 8.78 Å². The molecule has 2 aromatic heterocycles. The molecule has 0 spiro atoms. The summed E-state index contributed by atoms with van der Waals surface area (Å²) in [6.07, 6.45) is 3.67. The van der Waals surface area contributed by atoms with E-state index in [0.29, 0.717) is 41.2 Å². The van der Waals surface area contributed by atoms with E-state index in [-0.39, 0.29) is 36.6 Å². The Bertz CT molecular complexity index is 1280. The fourth-order valence-corrected chi connectivity index (χ4v) is 3.97. The van der Waals surface area contributed by atoms with Crippen LogP contribution in [-0.4, -0.2) is 53.0 Å². The summed E-state index contributed by atoms with van der Waals surface area (Å²) in [6.45, 7) is -1.78. The Morgan fingerprint density at radius 2 is 1.91 bits per heavy atom. The molecule has 2 aliphatic rings. The summed E-state index contributed by atoms with van der Waals surface area (Å²) in [5.41, 5.74) is 2.20. The molecule has 0 N–H and O–H groups in total. The molecule has 1 saturated heterocycles. The summed E-state index contributed by atoms with van der Waals surface area (Å²) >= 11 is 0. The molecular weight excluding hydrogens is 465 g/mol. The number of pyridine rings is 2. The molecule has 0 bridgehead atoms. The summed E-state index contributed by atoms with van der Waals surface area (Å²) in [5.74, 6) is -1.18.